The smallest absolute Gasteiger partial charge is 0.143 e. The lowest BCUT2D eigenvalue weighted by Gasteiger charge is -2.29. The molecule has 0 saturated carbocycles. The maximum atomic E-state index is 6.90. The Bertz CT molecular complexity index is 3100. The minimum absolute atomic E-state index is 0.112. The Morgan fingerprint density at radius 3 is 1.98 bits per heavy atom. The number of fused-ring (bicyclic) bond motifs is 10. The van der Waals surface area contributed by atoms with Gasteiger partial charge in [-0.25, -0.2) is 0 Å². The predicted molar refractivity (Wildman–Crippen MR) is 224 cm³/mol. The molecule has 1 aromatic heterocycles. The van der Waals surface area contributed by atoms with Crippen molar-refractivity contribution in [3.63, 3.8) is 0 Å². The van der Waals surface area contributed by atoms with Gasteiger partial charge in [-0.15, -0.1) is 0 Å². The van der Waals surface area contributed by atoms with Gasteiger partial charge in [0.2, 0.25) is 0 Å². The largest absolute Gasteiger partial charge is 0.455 e. The van der Waals surface area contributed by atoms with Crippen molar-refractivity contribution < 1.29 is 4.42 Å². The van der Waals surface area contributed by atoms with Crippen molar-refractivity contribution in [3.05, 3.63) is 187 Å². The molecule has 2 nitrogen and oxygen atoms in total. The summed E-state index contributed by atoms with van der Waals surface area (Å²) >= 11 is 0. The van der Waals surface area contributed by atoms with Crippen LogP contribution in [0.1, 0.15) is 25.0 Å². The number of hydrogen-bond acceptors (Lipinski definition) is 2. The van der Waals surface area contributed by atoms with Gasteiger partial charge in [0.05, 0.1) is 5.69 Å². The molecule has 0 unspecified atom stereocenters. The second kappa shape index (κ2) is 11.2. The van der Waals surface area contributed by atoms with Gasteiger partial charge >= 0.3 is 0 Å². The highest BCUT2D eigenvalue weighted by Gasteiger charge is 2.36. The Kier molecular flexibility index (Phi) is 6.33. The van der Waals surface area contributed by atoms with Crippen LogP contribution < -0.4 is 4.90 Å². The van der Waals surface area contributed by atoms with E-state index in [-0.39, 0.29) is 5.41 Å². The van der Waals surface area contributed by atoms with Crippen LogP contribution in [0.5, 0.6) is 0 Å². The fourth-order valence-electron chi connectivity index (χ4n) is 8.98. The molecule has 0 N–H and O–H groups in total. The van der Waals surface area contributed by atoms with E-state index in [2.05, 4.69) is 195 Å². The highest BCUT2D eigenvalue weighted by molar-refractivity contribution is 6.19. The van der Waals surface area contributed by atoms with E-state index in [1.807, 2.05) is 0 Å². The molecule has 2 heteroatoms. The van der Waals surface area contributed by atoms with Gasteiger partial charge in [0.1, 0.15) is 11.2 Å². The molecule has 0 aliphatic heterocycles. The van der Waals surface area contributed by atoms with Crippen molar-refractivity contribution >= 4 is 71.3 Å². The average molecular weight is 678 g/mol. The normalized spacial score (nSPS) is 13.2. The molecular formula is C51H35NO. The maximum absolute atomic E-state index is 6.90. The summed E-state index contributed by atoms with van der Waals surface area (Å²) in [6.07, 6.45) is 0. The number of rotatable bonds is 4. The molecule has 1 aliphatic rings. The van der Waals surface area contributed by atoms with Gasteiger partial charge in [0, 0.05) is 44.4 Å². The lowest BCUT2D eigenvalue weighted by Crippen LogP contribution is -2.16. The zero-order chi connectivity index (χ0) is 35.3. The second-order valence-corrected chi connectivity index (χ2v) is 14.9. The molecule has 11 rings (SSSR count). The highest BCUT2D eigenvalue weighted by atomic mass is 16.3. The summed E-state index contributed by atoms with van der Waals surface area (Å²) in [6, 6.07) is 64.2. The fourth-order valence-corrected chi connectivity index (χ4v) is 8.98. The van der Waals surface area contributed by atoms with Crippen LogP contribution in [0.2, 0.25) is 0 Å². The van der Waals surface area contributed by atoms with Gasteiger partial charge in [-0.1, -0.05) is 141 Å². The summed E-state index contributed by atoms with van der Waals surface area (Å²) in [4.78, 5) is 2.41. The highest BCUT2D eigenvalue weighted by Crippen LogP contribution is 2.51. The van der Waals surface area contributed by atoms with E-state index in [0.29, 0.717) is 0 Å². The van der Waals surface area contributed by atoms with Crippen LogP contribution in [0.25, 0.3) is 76.5 Å². The molecule has 1 aliphatic carbocycles. The molecule has 0 atom stereocenters. The van der Waals surface area contributed by atoms with Crippen LogP contribution in [-0.4, -0.2) is 0 Å². The maximum Gasteiger partial charge on any atom is 0.143 e. The minimum Gasteiger partial charge on any atom is -0.455 e. The molecule has 0 amide bonds. The summed E-state index contributed by atoms with van der Waals surface area (Å²) in [5.74, 6) is 0. The van der Waals surface area contributed by atoms with E-state index < -0.39 is 0 Å². The van der Waals surface area contributed by atoms with Crippen LogP contribution in [0, 0.1) is 0 Å². The topological polar surface area (TPSA) is 16.4 Å². The molecule has 0 spiro atoms. The first kappa shape index (κ1) is 30.0. The van der Waals surface area contributed by atoms with Crippen molar-refractivity contribution in [3.8, 4) is 22.3 Å². The summed E-state index contributed by atoms with van der Waals surface area (Å²) in [6.45, 7) is 4.70. The molecule has 0 bridgehead atoms. The van der Waals surface area contributed by atoms with Crippen molar-refractivity contribution in [2.45, 2.75) is 19.3 Å². The monoisotopic (exact) mass is 677 g/mol. The Balaban J connectivity index is 1.13. The number of furan rings is 1. The number of anilines is 3. The molecule has 250 valence electrons. The molecule has 10 aromatic rings. The molecule has 0 fully saturated rings. The summed E-state index contributed by atoms with van der Waals surface area (Å²) < 4.78 is 6.90. The molecule has 9 aromatic carbocycles. The molecule has 1 heterocycles. The Labute approximate surface area is 308 Å². The first-order chi connectivity index (χ1) is 26.0. The average Bonchev–Trinajstić information content (AvgIpc) is 3.69. The molecule has 0 radical (unpaired) electrons. The quantitative estimate of drug-likeness (QED) is 0.184. The zero-order valence-electron chi connectivity index (χ0n) is 29.6. The summed E-state index contributed by atoms with van der Waals surface area (Å²) in [5.41, 5.74) is 12.8. The Hall–Kier alpha value is -6.64. The van der Waals surface area contributed by atoms with Crippen LogP contribution in [-0.2, 0) is 5.41 Å². The lowest BCUT2D eigenvalue weighted by atomic mass is 9.82. The summed E-state index contributed by atoms with van der Waals surface area (Å²) in [7, 11) is 0. The van der Waals surface area contributed by atoms with Gasteiger partial charge in [-0.3, -0.25) is 0 Å². The van der Waals surface area contributed by atoms with Gasteiger partial charge < -0.3 is 9.32 Å². The number of nitrogens with zero attached hydrogens (tertiary/aromatic N) is 1. The second-order valence-electron chi connectivity index (χ2n) is 14.9. The van der Waals surface area contributed by atoms with Gasteiger partial charge in [-0.2, -0.15) is 0 Å². The van der Waals surface area contributed by atoms with Crippen molar-refractivity contribution in [2.75, 3.05) is 4.90 Å². The van der Waals surface area contributed by atoms with E-state index in [0.717, 1.165) is 44.4 Å². The van der Waals surface area contributed by atoms with E-state index in [1.165, 1.54) is 60.3 Å². The fraction of sp³-hybridized carbons (Fsp3) is 0.0588. The third-order valence-electron chi connectivity index (χ3n) is 11.6. The minimum atomic E-state index is -0.112. The SMILES string of the molecule is CC1(C)c2ccccc2-c2ccc(N(c3ccc4c(c3)oc3c5ccccc5c(-c5ccc6ccccc6c5)cc43)c3cccc4ccccc34)cc21. The van der Waals surface area contributed by atoms with E-state index in [1.54, 1.807) is 0 Å². The van der Waals surface area contributed by atoms with Crippen molar-refractivity contribution in [1.82, 2.24) is 0 Å². The van der Waals surface area contributed by atoms with Gasteiger partial charge in [-0.05, 0) is 97.4 Å². The Morgan fingerprint density at radius 1 is 0.415 bits per heavy atom. The first-order valence-electron chi connectivity index (χ1n) is 18.4. The standard InChI is InChI=1S/C51H35NO/c1-51(2)46-20-10-9-18-40(46)41-26-24-36(29-47(41)51)52(48-21-11-15-33-13-5-6-16-38(33)48)37-25-27-42-45-31-44(35-23-22-32-12-3-4-14-34(32)28-35)39-17-7-8-19-43(39)50(45)53-49(42)30-37/h3-31H,1-2H3. The molecule has 53 heavy (non-hydrogen) atoms. The predicted octanol–water partition coefficient (Wildman–Crippen LogP) is 14.5. The zero-order valence-corrected chi connectivity index (χ0v) is 29.6. The molecule has 0 saturated heterocycles. The first-order valence-corrected chi connectivity index (χ1v) is 18.4. The summed E-state index contributed by atoms with van der Waals surface area (Å²) in [5, 5.41) is 9.45. The van der Waals surface area contributed by atoms with Gasteiger partial charge in [0.25, 0.3) is 0 Å². The van der Waals surface area contributed by atoms with Crippen molar-refractivity contribution in [2.24, 2.45) is 0 Å². The number of hydrogen-bond donors (Lipinski definition) is 0. The van der Waals surface area contributed by atoms with E-state index in [9.17, 15) is 0 Å². The van der Waals surface area contributed by atoms with Crippen LogP contribution in [0.3, 0.4) is 0 Å². The third kappa shape index (κ3) is 4.45. The van der Waals surface area contributed by atoms with Gasteiger partial charge in [0.15, 0.2) is 0 Å². The van der Waals surface area contributed by atoms with Crippen molar-refractivity contribution in [1.29, 1.82) is 0 Å². The Morgan fingerprint density at radius 2 is 1.09 bits per heavy atom. The van der Waals surface area contributed by atoms with Crippen LogP contribution in [0.4, 0.5) is 17.1 Å². The van der Waals surface area contributed by atoms with E-state index in [4.69, 9.17) is 4.42 Å². The van der Waals surface area contributed by atoms with Crippen LogP contribution >= 0.6 is 0 Å². The number of benzene rings is 9. The van der Waals surface area contributed by atoms with E-state index >= 15 is 0 Å². The van der Waals surface area contributed by atoms with Crippen LogP contribution in [0.15, 0.2) is 180 Å². The lowest BCUT2D eigenvalue weighted by molar-refractivity contribution is 0.660. The third-order valence-corrected chi connectivity index (χ3v) is 11.6. The molecular weight excluding hydrogens is 643 g/mol.